The van der Waals surface area contributed by atoms with E-state index in [4.69, 9.17) is 14.9 Å². The van der Waals surface area contributed by atoms with E-state index in [0.717, 1.165) is 11.1 Å². The molecule has 2 rings (SSSR count). The largest absolute Gasteiger partial charge is 0.478 e. The maximum atomic E-state index is 12.7. The summed E-state index contributed by atoms with van der Waals surface area (Å²) in [7, 11) is 0. The average molecular weight is 417 g/mol. The molecule has 8 heteroatoms. The van der Waals surface area contributed by atoms with Crippen molar-refractivity contribution in [2.24, 2.45) is 0 Å². The second-order valence-corrected chi connectivity index (χ2v) is 7.45. The molecule has 2 aliphatic heterocycles. The number of morpholine rings is 1. The number of carboxylic acids is 1. The van der Waals surface area contributed by atoms with Crippen molar-refractivity contribution < 1.29 is 34.4 Å². The van der Waals surface area contributed by atoms with E-state index in [1.165, 1.54) is 12.2 Å². The molecular formula is C22H27NO7. The molecule has 0 bridgehead atoms. The number of rotatable bonds is 9. The van der Waals surface area contributed by atoms with E-state index in [2.05, 4.69) is 5.32 Å². The quantitative estimate of drug-likeness (QED) is 0.192. The highest BCUT2D eigenvalue weighted by Gasteiger charge is 2.80. The van der Waals surface area contributed by atoms with Crippen LogP contribution in [0.15, 0.2) is 58.7 Å². The van der Waals surface area contributed by atoms with Crippen LogP contribution in [0.5, 0.6) is 0 Å². The number of epoxide rings is 1. The molecule has 1 amide bonds. The van der Waals surface area contributed by atoms with Gasteiger partial charge in [-0.2, -0.15) is 0 Å². The predicted molar refractivity (Wildman–Crippen MR) is 109 cm³/mol. The highest BCUT2D eigenvalue weighted by atomic mass is 16.6. The molecule has 0 aromatic heterocycles. The molecule has 30 heavy (non-hydrogen) atoms. The number of hydrogen-bond donors (Lipinski definition) is 4. The number of amides is 1. The van der Waals surface area contributed by atoms with E-state index in [0.29, 0.717) is 0 Å². The van der Waals surface area contributed by atoms with Crippen molar-refractivity contribution in [2.45, 2.75) is 51.5 Å². The van der Waals surface area contributed by atoms with E-state index in [1.54, 1.807) is 45.1 Å². The van der Waals surface area contributed by atoms with Crippen LogP contribution in [-0.2, 0) is 19.1 Å². The highest BCUT2D eigenvalue weighted by Crippen LogP contribution is 2.50. The molecule has 8 nitrogen and oxygen atoms in total. The van der Waals surface area contributed by atoms with Gasteiger partial charge in [-0.05, 0) is 39.3 Å². The minimum atomic E-state index is -1.75. The Labute approximate surface area is 174 Å². The number of carbonyl (C=O) groups is 3. The molecule has 0 aliphatic carbocycles. The lowest BCUT2D eigenvalue weighted by molar-refractivity contribution is -0.138. The van der Waals surface area contributed by atoms with E-state index < -0.39 is 35.1 Å². The standard InChI is InChI=1S/C22H27NO7/c1-5-16(18(26)27)12-14(3)11-13(2)7-6-8-15(4)17(25)22-19(30-22)21(29,9-10-24)23-20(22)28/h5-8,11-12,19,24,29H,9-10H2,1-4H3,(H,23,28)(H,26,27)/b7-6+,13-11+,14-12+,15-8+,16-5+/t19-,21-,22+/m1/s1. The van der Waals surface area contributed by atoms with Gasteiger partial charge in [0.25, 0.3) is 5.91 Å². The Bertz CT molecular complexity index is 908. The third kappa shape index (κ3) is 4.51. The van der Waals surface area contributed by atoms with Crippen LogP contribution < -0.4 is 5.32 Å². The van der Waals surface area contributed by atoms with Crippen LogP contribution in [0.1, 0.15) is 34.1 Å². The highest BCUT2D eigenvalue weighted by molar-refractivity contribution is 6.21. The van der Waals surface area contributed by atoms with E-state index in [9.17, 15) is 19.5 Å². The van der Waals surface area contributed by atoms with Gasteiger partial charge in [0.15, 0.2) is 11.8 Å². The van der Waals surface area contributed by atoms with Crippen molar-refractivity contribution in [3.8, 4) is 0 Å². The van der Waals surface area contributed by atoms with E-state index in [1.807, 2.05) is 6.92 Å². The maximum Gasteiger partial charge on any atom is 0.335 e. The Balaban J connectivity index is 2.09. The molecule has 0 spiro atoms. The third-order valence-electron chi connectivity index (χ3n) is 5.01. The lowest BCUT2D eigenvalue weighted by Crippen LogP contribution is -2.48. The Morgan fingerprint density at radius 2 is 1.87 bits per heavy atom. The van der Waals surface area contributed by atoms with Crippen molar-refractivity contribution >= 4 is 17.7 Å². The second kappa shape index (κ2) is 8.91. The fourth-order valence-electron chi connectivity index (χ4n) is 3.43. The lowest BCUT2D eigenvalue weighted by atomic mass is 9.92. The number of nitrogens with one attached hydrogen (secondary N) is 1. The van der Waals surface area contributed by atoms with E-state index >= 15 is 0 Å². The van der Waals surface area contributed by atoms with Gasteiger partial charge in [-0.1, -0.05) is 41.5 Å². The first-order valence-electron chi connectivity index (χ1n) is 9.51. The number of carboxylic acid groups (broad SMARTS) is 1. The second-order valence-electron chi connectivity index (χ2n) is 7.45. The minimum absolute atomic E-state index is 0.130. The molecule has 0 radical (unpaired) electrons. The molecule has 0 saturated carbocycles. The van der Waals surface area contributed by atoms with Gasteiger partial charge in [-0.25, -0.2) is 4.79 Å². The van der Waals surface area contributed by atoms with Crippen LogP contribution in [0.2, 0.25) is 0 Å². The lowest BCUT2D eigenvalue weighted by Gasteiger charge is -2.22. The molecule has 2 fully saturated rings. The summed E-state index contributed by atoms with van der Waals surface area (Å²) >= 11 is 0. The number of aliphatic hydroxyl groups is 2. The van der Waals surface area contributed by atoms with Crippen LogP contribution in [0.25, 0.3) is 0 Å². The first-order valence-corrected chi connectivity index (χ1v) is 9.51. The summed E-state index contributed by atoms with van der Waals surface area (Å²) in [5.41, 5.74) is -1.43. The van der Waals surface area contributed by atoms with Gasteiger partial charge in [-0.15, -0.1) is 0 Å². The summed E-state index contributed by atoms with van der Waals surface area (Å²) in [4.78, 5) is 36.0. The minimum Gasteiger partial charge on any atom is -0.478 e. The molecule has 0 aromatic carbocycles. The van der Waals surface area contributed by atoms with Gasteiger partial charge in [0, 0.05) is 13.0 Å². The third-order valence-corrected chi connectivity index (χ3v) is 5.01. The Hall–Kier alpha value is -2.81. The predicted octanol–water partition coefficient (Wildman–Crippen LogP) is 1.32. The summed E-state index contributed by atoms with van der Waals surface area (Å²) in [5, 5.41) is 30.8. The van der Waals surface area contributed by atoms with E-state index in [-0.39, 0.29) is 24.2 Å². The number of Topliss-reactive ketones (excluding diaryl/α,β-unsaturated/α-hetero) is 1. The van der Waals surface area contributed by atoms with Crippen molar-refractivity contribution in [1.29, 1.82) is 0 Å². The molecule has 0 unspecified atom stereocenters. The number of ketones is 1. The van der Waals surface area contributed by atoms with Crippen LogP contribution in [0.3, 0.4) is 0 Å². The van der Waals surface area contributed by atoms with Gasteiger partial charge in [0.1, 0.15) is 0 Å². The molecule has 2 heterocycles. The zero-order valence-corrected chi connectivity index (χ0v) is 17.4. The molecule has 2 saturated heterocycles. The van der Waals surface area contributed by atoms with Gasteiger partial charge < -0.3 is 25.4 Å². The van der Waals surface area contributed by atoms with Gasteiger partial charge in [0.2, 0.25) is 11.4 Å². The Morgan fingerprint density at radius 3 is 2.40 bits per heavy atom. The molecule has 162 valence electrons. The maximum absolute atomic E-state index is 12.7. The van der Waals surface area contributed by atoms with Crippen molar-refractivity contribution in [1.82, 2.24) is 5.32 Å². The van der Waals surface area contributed by atoms with Crippen LogP contribution >= 0.6 is 0 Å². The SMILES string of the molecule is C\C=C(/C=C(C)/C=C(C)/C=C/C=C(\C)C(=O)[C@]12O[C@@H]1[C@](O)(CCO)NC2=O)C(=O)O. The van der Waals surface area contributed by atoms with Crippen molar-refractivity contribution in [3.05, 3.63) is 58.7 Å². The fourth-order valence-corrected chi connectivity index (χ4v) is 3.43. The molecule has 2 aliphatic rings. The molecule has 0 aromatic rings. The first-order chi connectivity index (χ1) is 14.0. The van der Waals surface area contributed by atoms with Crippen molar-refractivity contribution in [3.63, 3.8) is 0 Å². The van der Waals surface area contributed by atoms with Gasteiger partial charge >= 0.3 is 5.97 Å². The summed E-state index contributed by atoms with van der Waals surface area (Å²) in [6.45, 7) is 6.45. The molecule has 4 N–H and O–H groups in total. The van der Waals surface area contributed by atoms with Crippen LogP contribution in [0, 0.1) is 0 Å². The topological polar surface area (TPSA) is 136 Å². The summed E-state index contributed by atoms with van der Waals surface area (Å²) in [5.74, 6) is -2.25. The zero-order valence-electron chi connectivity index (χ0n) is 17.4. The number of fused-ring (bicyclic) bond motifs is 1. The average Bonchev–Trinajstić information content (AvgIpc) is 3.38. The summed E-state index contributed by atoms with van der Waals surface area (Å²) in [6.07, 6.45) is 8.63. The fraction of sp³-hybridized carbons (Fsp3) is 0.409. The first kappa shape index (κ1) is 23.5. The smallest absolute Gasteiger partial charge is 0.335 e. The normalized spacial score (nSPS) is 29.8. The van der Waals surface area contributed by atoms with Crippen LogP contribution in [-0.4, -0.2) is 57.0 Å². The molecule has 3 atom stereocenters. The monoisotopic (exact) mass is 417 g/mol. The Morgan fingerprint density at radius 1 is 1.20 bits per heavy atom. The number of hydrogen-bond acceptors (Lipinski definition) is 6. The molecular weight excluding hydrogens is 390 g/mol. The number of aliphatic hydroxyl groups excluding tert-OH is 1. The van der Waals surface area contributed by atoms with Gasteiger partial charge in [0.05, 0.1) is 5.57 Å². The zero-order chi connectivity index (χ0) is 22.7. The number of allylic oxidation sites excluding steroid dienone is 7. The number of carbonyl (C=O) groups excluding carboxylic acids is 2. The van der Waals surface area contributed by atoms with Gasteiger partial charge in [-0.3, -0.25) is 9.59 Å². The Kier molecular flexibility index (Phi) is 6.97. The van der Waals surface area contributed by atoms with Crippen LogP contribution in [0.4, 0.5) is 0 Å². The summed E-state index contributed by atoms with van der Waals surface area (Å²) in [6, 6.07) is 0. The van der Waals surface area contributed by atoms with Crippen molar-refractivity contribution in [2.75, 3.05) is 6.61 Å². The summed E-state index contributed by atoms with van der Waals surface area (Å²) < 4.78 is 5.29. The number of ether oxygens (including phenoxy) is 1. The number of aliphatic carboxylic acids is 1.